The standard InChI is InChI=1S/C42H56N6O19.3C2H6/c1-46-28-33(54)35(26(63-40(28)59)14-61-38(57)20-11-17(44)5-8-23(20)50)66-42-30(48-3)34(55)36(27(65-42)15-62-39(58)21-12-18(45)6-9-24(21)51)67-41-29(47-2)32(53)31(52)25(64-41)13-60-37(56)19-10-16(43)4-7-22(19)49;3*1-2/h4-12,25-36,40-42,46-55,59H,13-15,43-45H2,1-3H3;3*1-2H3/p+3/t25?,26?,27?,28?,29?,30?,31-,32+,33+,34+,35-,36-,40-,41+,42+;;;/m1.../s1. The molecule has 25 nitrogen and oxygen atoms in total. The Balaban J connectivity index is 0.00000226. The Morgan fingerprint density at radius 1 is 0.479 bits per heavy atom. The molecule has 0 amide bonds. The summed E-state index contributed by atoms with van der Waals surface area (Å²) in [7, 11) is 4.65. The first kappa shape index (κ1) is 61.6. The third kappa shape index (κ3) is 15.2. The van der Waals surface area contributed by atoms with Gasteiger partial charge in [0.25, 0.3) is 0 Å². The van der Waals surface area contributed by atoms with Crippen molar-refractivity contribution < 1.29 is 109 Å². The van der Waals surface area contributed by atoms with Crippen LogP contribution in [-0.2, 0) is 37.9 Å². The van der Waals surface area contributed by atoms with Crippen LogP contribution in [-0.4, -0.2) is 192 Å². The molecule has 73 heavy (non-hydrogen) atoms. The zero-order valence-corrected chi connectivity index (χ0v) is 42.5. The fourth-order valence-corrected chi connectivity index (χ4v) is 8.07. The van der Waals surface area contributed by atoms with Crippen LogP contribution in [0.1, 0.15) is 72.6 Å². The molecule has 3 fully saturated rings. The number of nitrogen functional groups attached to an aromatic ring is 3. The Morgan fingerprint density at radius 3 is 1.16 bits per heavy atom. The molecule has 3 heterocycles. The topological polar surface area (TPSA) is 415 Å². The Labute approximate surface area is 423 Å². The van der Waals surface area contributed by atoms with Crippen molar-refractivity contribution in [1.29, 1.82) is 0 Å². The van der Waals surface area contributed by atoms with E-state index in [4.69, 9.17) is 55.1 Å². The molecule has 3 aromatic carbocycles. The van der Waals surface area contributed by atoms with E-state index < -0.39 is 147 Å². The number of likely N-dealkylation sites (N-methyl/N-ethyl adjacent to an activating group) is 3. The van der Waals surface area contributed by atoms with E-state index in [0.29, 0.717) is 0 Å². The van der Waals surface area contributed by atoms with Crippen LogP contribution in [0.25, 0.3) is 0 Å². The van der Waals surface area contributed by atoms with E-state index in [9.17, 15) is 55.2 Å². The zero-order chi connectivity index (χ0) is 54.9. The van der Waals surface area contributed by atoms with Gasteiger partial charge in [-0.3, -0.25) is 0 Å². The predicted octanol–water partition coefficient (Wildman–Crippen LogP) is -3.43. The van der Waals surface area contributed by atoms with Crippen molar-refractivity contribution in [3.05, 3.63) is 71.3 Å². The Bertz CT molecular complexity index is 2210. The van der Waals surface area contributed by atoms with Crippen LogP contribution >= 0.6 is 0 Å². The largest absolute Gasteiger partial charge is 0.507 e. The molecule has 15 atom stereocenters. The number of aliphatic hydroxyl groups excluding tert-OH is 5. The number of phenolic OH excluding ortho intramolecular Hbond substituents is 3. The number of nitrogens with two attached hydrogens (primary N) is 6. The number of anilines is 3. The summed E-state index contributed by atoms with van der Waals surface area (Å²) < 4.78 is 47.3. The van der Waals surface area contributed by atoms with E-state index in [0.717, 1.165) is 0 Å². The van der Waals surface area contributed by atoms with Gasteiger partial charge in [-0.25, -0.2) is 14.4 Å². The van der Waals surface area contributed by atoms with Crippen molar-refractivity contribution in [3.63, 3.8) is 0 Å². The molecule has 0 bridgehead atoms. The van der Waals surface area contributed by atoms with Crippen LogP contribution in [0.3, 0.4) is 0 Å². The maximum Gasteiger partial charge on any atom is 0.342 e. The highest BCUT2D eigenvalue weighted by Gasteiger charge is 2.56. The van der Waals surface area contributed by atoms with E-state index in [1.54, 1.807) is 21.1 Å². The maximum atomic E-state index is 13.4. The molecular weight excluding hydrogens is 965 g/mol. The second-order valence-electron chi connectivity index (χ2n) is 16.2. The van der Waals surface area contributed by atoms with Gasteiger partial charge in [0.05, 0.1) is 21.1 Å². The highest BCUT2D eigenvalue weighted by molar-refractivity contribution is 5.94. The summed E-state index contributed by atoms with van der Waals surface area (Å²) in [6.45, 7) is 9.98. The molecule has 25 heteroatoms. The van der Waals surface area contributed by atoms with Gasteiger partial charge in [-0.1, -0.05) is 41.5 Å². The lowest BCUT2D eigenvalue weighted by Crippen LogP contribution is -2.96. The lowest BCUT2D eigenvalue weighted by molar-refractivity contribution is -0.706. The third-order valence-electron chi connectivity index (χ3n) is 11.8. The number of aliphatic hydroxyl groups is 5. The van der Waals surface area contributed by atoms with E-state index >= 15 is 0 Å². The number of phenols is 3. The van der Waals surface area contributed by atoms with E-state index in [1.807, 2.05) is 41.5 Å². The number of aromatic hydroxyl groups is 3. The van der Waals surface area contributed by atoms with Gasteiger partial charge >= 0.3 is 17.9 Å². The molecule has 3 aliphatic heterocycles. The van der Waals surface area contributed by atoms with Crippen molar-refractivity contribution in [2.75, 3.05) is 58.2 Å². The van der Waals surface area contributed by atoms with Gasteiger partial charge in [0.2, 0.25) is 18.9 Å². The summed E-state index contributed by atoms with van der Waals surface area (Å²) in [6, 6.07) is 7.87. The molecule has 6 rings (SSSR count). The van der Waals surface area contributed by atoms with Crippen molar-refractivity contribution in [3.8, 4) is 17.2 Å². The lowest BCUT2D eigenvalue weighted by Gasteiger charge is -2.47. The van der Waals surface area contributed by atoms with Gasteiger partial charge in [-0.05, 0) is 54.6 Å². The van der Waals surface area contributed by atoms with Crippen LogP contribution in [0.5, 0.6) is 17.2 Å². The second-order valence-corrected chi connectivity index (χ2v) is 16.2. The van der Waals surface area contributed by atoms with Crippen LogP contribution in [0.2, 0.25) is 0 Å². The summed E-state index contributed by atoms with van der Waals surface area (Å²) in [5.41, 5.74) is 17.0. The predicted molar refractivity (Wildman–Crippen MR) is 259 cm³/mol. The number of carbonyl (C=O) groups is 3. The normalized spacial score (nSPS) is 29.6. The first-order valence-electron chi connectivity index (χ1n) is 24.2. The first-order valence-corrected chi connectivity index (χ1v) is 24.2. The second kappa shape index (κ2) is 29.3. The van der Waals surface area contributed by atoms with Gasteiger partial charge in [-0.15, -0.1) is 0 Å². The van der Waals surface area contributed by atoms with Crippen LogP contribution in [0.15, 0.2) is 54.6 Å². The molecular formula is C48H77N6O19+3. The Kier molecular flexibility index (Phi) is 24.7. The number of benzene rings is 3. The van der Waals surface area contributed by atoms with Crippen molar-refractivity contribution in [2.24, 2.45) is 0 Å². The average Bonchev–Trinajstić information content (AvgIpc) is 3.38. The molecule has 0 aromatic heterocycles. The molecule has 3 saturated heterocycles. The highest BCUT2D eigenvalue weighted by atomic mass is 16.7. The number of ether oxygens (including phenoxy) is 8. The molecule has 3 aliphatic rings. The monoisotopic (exact) mass is 1040 g/mol. The molecule has 0 spiro atoms. The number of rotatable bonds is 16. The number of hydrogen-bond acceptors (Lipinski definition) is 22. The SMILES string of the molecule is CC.CC.CC.C[NH2+]C1[C@H](O[C@@H]2C(COC(=O)c3cc(N)ccc3O)O[C@@H](O[C@@H]3C(COC(=O)c4cc(N)ccc4O)O[C@@H](O)C([NH2+]C)[C@@H]3O)C([NH2+]C)[C@@H]2O)OC(COC(=O)c2cc(N)ccc2O)[C@@H](O)[C@H]1O. The minimum atomic E-state index is -1.65. The summed E-state index contributed by atoms with van der Waals surface area (Å²) in [4.78, 5) is 39.4. The Morgan fingerprint density at radius 2 is 0.795 bits per heavy atom. The smallest absolute Gasteiger partial charge is 0.342 e. The molecule has 0 aliphatic carbocycles. The fourth-order valence-electron chi connectivity index (χ4n) is 8.07. The zero-order valence-electron chi connectivity index (χ0n) is 42.5. The Hall–Kier alpha value is -5.65. The average molecular weight is 1040 g/mol. The lowest BCUT2D eigenvalue weighted by atomic mass is 9.94. The summed E-state index contributed by atoms with van der Waals surface area (Å²) in [6.07, 6.45) is -18.4. The number of esters is 3. The third-order valence-corrected chi connectivity index (χ3v) is 11.8. The van der Waals surface area contributed by atoms with Crippen molar-refractivity contribution >= 4 is 35.0 Å². The number of hydrogen-bond donors (Lipinski definition) is 14. The first-order chi connectivity index (χ1) is 34.9. The number of carbonyl (C=O) groups excluding carboxylic acids is 3. The van der Waals surface area contributed by atoms with E-state index in [1.165, 1.54) is 70.5 Å². The molecule has 6 unspecified atom stereocenters. The van der Waals surface area contributed by atoms with Crippen LogP contribution in [0.4, 0.5) is 17.1 Å². The van der Waals surface area contributed by atoms with Crippen molar-refractivity contribution in [1.82, 2.24) is 0 Å². The van der Waals surface area contributed by atoms with Gasteiger partial charge in [-0.2, -0.15) is 0 Å². The quantitative estimate of drug-likeness (QED) is 0.0287. The van der Waals surface area contributed by atoms with E-state index in [2.05, 4.69) is 0 Å². The molecule has 0 saturated carbocycles. The maximum absolute atomic E-state index is 13.4. The van der Waals surface area contributed by atoms with Crippen LogP contribution in [0, 0.1) is 0 Å². The molecule has 410 valence electrons. The fraction of sp³-hybridized carbons (Fsp3) is 0.562. The number of quaternary nitrogens is 3. The minimum absolute atomic E-state index is 0.123. The summed E-state index contributed by atoms with van der Waals surface area (Å²) >= 11 is 0. The van der Waals surface area contributed by atoms with Crippen molar-refractivity contribution in [2.45, 2.75) is 133 Å². The molecule has 0 radical (unpaired) electrons. The summed E-state index contributed by atoms with van der Waals surface area (Å²) in [5.74, 6) is -4.44. The van der Waals surface area contributed by atoms with Gasteiger partial charge < -0.3 is 112 Å². The van der Waals surface area contributed by atoms with Gasteiger partial charge in [0, 0.05) is 17.1 Å². The van der Waals surface area contributed by atoms with Gasteiger partial charge in [0.15, 0.2) is 18.1 Å². The highest BCUT2D eigenvalue weighted by Crippen LogP contribution is 2.33. The van der Waals surface area contributed by atoms with Crippen LogP contribution < -0.4 is 33.2 Å². The van der Waals surface area contributed by atoms with E-state index in [-0.39, 0.29) is 33.8 Å². The summed E-state index contributed by atoms with van der Waals surface area (Å²) in [5, 5.41) is 92.3. The molecule has 3 aromatic rings. The molecule has 20 N–H and O–H groups in total. The minimum Gasteiger partial charge on any atom is -0.507 e. The van der Waals surface area contributed by atoms with Gasteiger partial charge in [0.1, 0.15) is 109 Å².